The number of carbonyl (C=O) groups is 2. The van der Waals surface area contributed by atoms with E-state index in [0.29, 0.717) is 6.54 Å². The van der Waals surface area contributed by atoms with Gasteiger partial charge in [-0.15, -0.1) is 0 Å². The van der Waals surface area contributed by atoms with Crippen LogP contribution >= 0.6 is 0 Å². The fraction of sp³-hybridized carbons (Fsp3) is 0.294. The molecule has 0 bridgehead atoms. The molecule has 1 heterocycles. The van der Waals surface area contributed by atoms with Crippen LogP contribution in [0.1, 0.15) is 39.4 Å². The Morgan fingerprint density at radius 1 is 1.13 bits per heavy atom. The van der Waals surface area contributed by atoms with Crippen molar-refractivity contribution in [3.8, 4) is 0 Å². The van der Waals surface area contributed by atoms with Crippen LogP contribution < -0.4 is 0 Å². The molecule has 0 saturated heterocycles. The average molecular weight is 311 g/mol. The highest BCUT2D eigenvalue weighted by Gasteiger charge is 2.33. The predicted molar refractivity (Wildman–Crippen MR) is 82.7 cm³/mol. The third-order valence-electron chi connectivity index (χ3n) is 3.71. The first kappa shape index (κ1) is 15.1. The van der Waals surface area contributed by atoms with Gasteiger partial charge in [-0.2, -0.15) is 0 Å². The second-order valence-corrected chi connectivity index (χ2v) is 5.43. The summed E-state index contributed by atoms with van der Waals surface area (Å²) in [4.78, 5) is 33.9. The lowest BCUT2D eigenvalue weighted by Gasteiger charge is -2.22. The lowest BCUT2D eigenvalue weighted by atomic mass is 10.2. The Hall–Kier alpha value is -2.76. The number of amides is 1. The van der Waals surface area contributed by atoms with E-state index >= 15 is 0 Å². The van der Waals surface area contributed by atoms with Gasteiger partial charge in [-0.05, 0) is 18.4 Å². The van der Waals surface area contributed by atoms with Crippen LogP contribution in [0.4, 0.5) is 0 Å². The molecule has 2 aromatic rings. The lowest BCUT2D eigenvalue weighted by Crippen LogP contribution is -2.33. The van der Waals surface area contributed by atoms with Gasteiger partial charge in [0.2, 0.25) is 0 Å². The standard InChI is InChI=1S/C17H17N3O3/c1-23-17(22)15-10-18-14(9-19-15)16(21)20(13-7-8-13)11-12-5-3-2-4-6-12/h2-6,9-10,13H,7-8,11H2,1H3. The van der Waals surface area contributed by atoms with Crippen LogP contribution in [0.2, 0.25) is 0 Å². The summed E-state index contributed by atoms with van der Waals surface area (Å²) >= 11 is 0. The molecule has 0 N–H and O–H groups in total. The van der Waals surface area contributed by atoms with Crippen molar-refractivity contribution in [2.75, 3.05) is 7.11 Å². The van der Waals surface area contributed by atoms with Gasteiger partial charge < -0.3 is 9.64 Å². The Bertz CT molecular complexity index is 697. The van der Waals surface area contributed by atoms with E-state index in [-0.39, 0.29) is 23.3 Å². The molecule has 6 heteroatoms. The molecule has 0 unspecified atom stereocenters. The molecule has 6 nitrogen and oxygen atoms in total. The molecule has 1 saturated carbocycles. The van der Waals surface area contributed by atoms with Crippen LogP contribution in [0, 0.1) is 0 Å². The summed E-state index contributed by atoms with van der Waals surface area (Å²) < 4.78 is 4.57. The van der Waals surface area contributed by atoms with Crippen molar-refractivity contribution in [2.45, 2.75) is 25.4 Å². The number of nitrogens with zero attached hydrogens (tertiary/aromatic N) is 3. The molecule has 23 heavy (non-hydrogen) atoms. The number of esters is 1. The number of rotatable bonds is 5. The summed E-state index contributed by atoms with van der Waals surface area (Å²) in [6, 6.07) is 10.1. The molecule has 1 fully saturated rings. The molecule has 0 aliphatic heterocycles. The van der Waals surface area contributed by atoms with E-state index in [0.717, 1.165) is 18.4 Å². The van der Waals surface area contributed by atoms with Crippen LogP contribution in [-0.4, -0.2) is 39.9 Å². The second kappa shape index (κ2) is 6.56. The first-order valence-corrected chi connectivity index (χ1v) is 7.44. The first-order valence-electron chi connectivity index (χ1n) is 7.44. The summed E-state index contributed by atoms with van der Waals surface area (Å²) in [6.45, 7) is 0.546. The highest BCUT2D eigenvalue weighted by atomic mass is 16.5. The highest BCUT2D eigenvalue weighted by Crippen LogP contribution is 2.29. The normalized spacial score (nSPS) is 13.4. The Kier molecular flexibility index (Phi) is 4.32. The minimum Gasteiger partial charge on any atom is -0.464 e. The maximum atomic E-state index is 12.7. The first-order chi connectivity index (χ1) is 11.2. The molecule has 0 atom stereocenters. The molecule has 1 aromatic carbocycles. The van der Waals surface area contributed by atoms with Crippen molar-refractivity contribution in [1.29, 1.82) is 0 Å². The fourth-order valence-electron chi connectivity index (χ4n) is 2.33. The maximum absolute atomic E-state index is 12.7. The van der Waals surface area contributed by atoms with Crippen molar-refractivity contribution in [3.63, 3.8) is 0 Å². The number of hydrogen-bond donors (Lipinski definition) is 0. The minimum absolute atomic E-state index is 0.0880. The number of benzene rings is 1. The maximum Gasteiger partial charge on any atom is 0.358 e. The molecule has 1 aromatic heterocycles. The molecule has 0 spiro atoms. The molecule has 1 aliphatic carbocycles. The molecule has 118 valence electrons. The smallest absolute Gasteiger partial charge is 0.358 e. The quantitative estimate of drug-likeness (QED) is 0.790. The Morgan fingerprint density at radius 2 is 1.78 bits per heavy atom. The zero-order valence-electron chi connectivity index (χ0n) is 12.8. The van der Waals surface area contributed by atoms with Crippen molar-refractivity contribution in [2.24, 2.45) is 0 Å². The Balaban J connectivity index is 1.77. The largest absolute Gasteiger partial charge is 0.464 e. The van der Waals surface area contributed by atoms with Gasteiger partial charge in [0.15, 0.2) is 5.69 Å². The van der Waals surface area contributed by atoms with E-state index < -0.39 is 5.97 Å². The summed E-state index contributed by atoms with van der Waals surface area (Å²) in [6.07, 6.45) is 4.61. The zero-order chi connectivity index (χ0) is 16.2. The third-order valence-corrected chi connectivity index (χ3v) is 3.71. The van der Waals surface area contributed by atoms with Crippen molar-refractivity contribution in [3.05, 3.63) is 59.7 Å². The molecular formula is C17H17N3O3. The zero-order valence-corrected chi connectivity index (χ0v) is 12.8. The van der Waals surface area contributed by atoms with E-state index in [1.807, 2.05) is 35.2 Å². The van der Waals surface area contributed by atoms with Crippen LogP contribution in [0.25, 0.3) is 0 Å². The van der Waals surface area contributed by atoms with Crippen molar-refractivity contribution in [1.82, 2.24) is 14.9 Å². The van der Waals surface area contributed by atoms with Gasteiger partial charge in [0.25, 0.3) is 5.91 Å². The van der Waals surface area contributed by atoms with Gasteiger partial charge in [0.1, 0.15) is 5.69 Å². The Labute approximate surface area is 134 Å². The number of aromatic nitrogens is 2. The topological polar surface area (TPSA) is 72.4 Å². The second-order valence-electron chi connectivity index (χ2n) is 5.43. The van der Waals surface area contributed by atoms with Crippen LogP contribution in [0.15, 0.2) is 42.7 Å². The molecule has 0 radical (unpaired) electrons. The summed E-state index contributed by atoms with van der Waals surface area (Å²) in [5.41, 5.74) is 1.40. The molecule has 1 amide bonds. The van der Waals surface area contributed by atoms with E-state index in [1.165, 1.54) is 19.5 Å². The summed E-state index contributed by atoms with van der Waals surface area (Å²) in [5.74, 6) is -0.736. The molecule has 3 rings (SSSR count). The Morgan fingerprint density at radius 3 is 2.35 bits per heavy atom. The highest BCUT2D eigenvalue weighted by molar-refractivity contribution is 5.93. The van der Waals surface area contributed by atoms with Gasteiger partial charge in [-0.1, -0.05) is 30.3 Å². The monoisotopic (exact) mass is 311 g/mol. The summed E-state index contributed by atoms with van der Waals surface area (Å²) in [5, 5.41) is 0. The van der Waals surface area contributed by atoms with Crippen LogP contribution in [0.5, 0.6) is 0 Å². The van der Waals surface area contributed by atoms with Gasteiger partial charge in [0, 0.05) is 12.6 Å². The fourth-order valence-corrected chi connectivity index (χ4v) is 2.33. The minimum atomic E-state index is -0.570. The van der Waals surface area contributed by atoms with Crippen LogP contribution in [-0.2, 0) is 11.3 Å². The number of carbonyl (C=O) groups excluding carboxylic acids is 2. The van der Waals surface area contributed by atoms with Crippen LogP contribution in [0.3, 0.4) is 0 Å². The lowest BCUT2D eigenvalue weighted by molar-refractivity contribution is 0.0591. The summed E-state index contributed by atoms with van der Waals surface area (Å²) in [7, 11) is 1.28. The van der Waals surface area contributed by atoms with E-state index in [9.17, 15) is 9.59 Å². The predicted octanol–water partition coefficient (Wildman–Crippen LogP) is 2.07. The van der Waals surface area contributed by atoms with E-state index in [4.69, 9.17) is 0 Å². The SMILES string of the molecule is COC(=O)c1cnc(C(=O)N(Cc2ccccc2)C2CC2)cn1. The van der Waals surface area contributed by atoms with E-state index in [1.54, 1.807) is 0 Å². The number of hydrogen-bond acceptors (Lipinski definition) is 5. The van der Waals surface area contributed by atoms with Crippen molar-refractivity contribution < 1.29 is 14.3 Å². The molecular weight excluding hydrogens is 294 g/mol. The van der Waals surface area contributed by atoms with E-state index in [2.05, 4.69) is 14.7 Å². The third kappa shape index (κ3) is 3.53. The average Bonchev–Trinajstić information content (AvgIpc) is 3.44. The van der Waals surface area contributed by atoms with Gasteiger partial charge >= 0.3 is 5.97 Å². The molecule has 1 aliphatic rings. The van der Waals surface area contributed by atoms with Gasteiger partial charge in [0.05, 0.1) is 19.5 Å². The van der Waals surface area contributed by atoms with Crippen molar-refractivity contribution >= 4 is 11.9 Å². The number of ether oxygens (including phenoxy) is 1. The van der Waals surface area contributed by atoms with Gasteiger partial charge in [-0.25, -0.2) is 14.8 Å². The number of methoxy groups -OCH3 is 1. The van der Waals surface area contributed by atoms with Gasteiger partial charge in [-0.3, -0.25) is 4.79 Å².